The molecule has 0 saturated heterocycles. The maximum Gasteiger partial charge on any atom is 0.333 e. The van der Waals surface area contributed by atoms with E-state index in [0.717, 1.165) is 5.69 Å². The van der Waals surface area contributed by atoms with Crippen LogP contribution in [0.1, 0.15) is 19.0 Å². The molecule has 9 nitrogen and oxygen atoms in total. The van der Waals surface area contributed by atoms with Gasteiger partial charge < -0.3 is 9.67 Å². The van der Waals surface area contributed by atoms with Gasteiger partial charge in [-0.15, -0.1) is 0 Å². The molecular formula is C12H19N5O4S. The number of aromatic nitrogens is 4. The van der Waals surface area contributed by atoms with Crippen molar-refractivity contribution in [3.8, 4) is 0 Å². The molecule has 22 heavy (non-hydrogen) atoms. The minimum absolute atomic E-state index is 0.170. The molecule has 0 aliphatic rings. The van der Waals surface area contributed by atoms with Crippen molar-refractivity contribution in [2.75, 3.05) is 6.61 Å². The lowest BCUT2D eigenvalue weighted by molar-refractivity contribution is 0.0614. The Hall–Kier alpha value is -1.62. The van der Waals surface area contributed by atoms with Crippen molar-refractivity contribution < 1.29 is 17.7 Å². The summed E-state index contributed by atoms with van der Waals surface area (Å²) in [5, 5.41) is 15.1. The molecule has 0 bridgehead atoms. The molecule has 2 aromatic rings. The van der Waals surface area contributed by atoms with Crippen LogP contribution in [-0.2, 0) is 21.0 Å². The van der Waals surface area contributed by atoms with Crippen LogP contribution in [0.3, 0.4) is 0 Å². The van der Waals surface area contributed by atoms with Crippen molar-refractivity contribution in [1.82, 2.24) is 19.5 Å². The fourth-order valence-corrected chi connectivity index (χ4v) is 2.53. The van der Waals surface area contributed by atoms with Gasteiger partial charge in [-0.25, -0.2) is 20.1 Å². The second kappa shape index (κ2) is 6.65. The Morgan fingerprint density at radius 2 is 2.14 bits per heavy atom. The van der Waals surface area contributed by atoms with Gasteiger partial charge in [-0.05, 0) is 13.3 Å². The Morgan fingerprint density at radius 1 is 1.41 bits per heavy atom. The molecule has 3 N–H and O–H groups in total. The summed E-state index contributed by atoms with van der Waals surface area (Å²) in [5.41, 5.74) is 2.04. The highest BCUT2D eigenvalue weighted by atomic mass is 32.2. The van der Waals surface area contributed by atoms with Gasteiger partial charge in [0, 0.05) is 5.92 Å². The Kier molecular flexibility index (Phi) is 5.06. The Bertz CT molecular complexity index is 745. The third-order valence-electron chi connectivity index (χ3n) is 3.48. The largest absolute Gasteiger partial charge is 0.391 e. The lowest BCUT2D eigenvalue weighted by Crippen LogP contribution is -2.31. The van der Waals surface area contributed by atoms with E-state index in [1.165, 1.54) is 6.33 Å². The number of aliphatic hydroxyl groups excluding tert-OH is 1. The molecule has 0 amide bonds. The van der Waals surface area contributed by atoms with E-state index < -0.39 is 16.4 Å². The highest BCUT2D eigenvalue weighted by Gasteiger charge is 2.21. The number of nitrogens with two attached hydrogens (primary N) is 1. The third kappa shape index (κ3) is 3.97. The zero-order valence-corrected chi connectivity index (χ0v) is 13.2. The smallest absolute Gasteiger partial charge is 0.333 e. The van der Waals surface area contributed by atoms with E-state index in [9.17, 15) is 13.5 Å². The van der Waals surface area contributed by atoms with Gasteiger partial charge in [0.25, 0.3) is 0 Å². The van der Waals surface area contributed by atoms with Gasteiger partial charge in [0.2, 0.25) is 0 Å². The second-order valence-corrected chi connectivity index (χ2v) is 6.26. The molecule has 0 radical (unpaired) electrons. The van der Waals surface area contributed by atoms with E-state index >= 15 is 0 Å². The van der Waals surface area contributed by atoms with Crippen LogP contribution in [0.15, 0.2) is 12.7 Å². The first-order chi connectivity index (χ1) is 10.3. The van der Waals surface area contributed by atoms with Crippen molar-refractivity contribution in [2.24, 2.45) is 11.1 Å². The number of rotatable bonds is 7. The van der Waals surface area contributed by atoms with Crippen molar-refractivity contribution in [2.45, 2.75) is 32.9 Å². The van der Waals surface area contributed by atoms with Crippen LogP contribution in [0.2, 0.25) is 0 Å². The average Bonchev–Trinajstić information content (AvgIpc) is 2.83. The molecule has 122 valence electrons. The highest BCUT2D eigenvalue weighted by molar-refractivity contribution is 7.84. The molecule has 0 saturated carbocycles. The topological polar surface area (TPSA) is 133 Å². The van der Waals surface area contributed by atoms with Gasteiger partial charge in [0.05, 0.1) is 31.3 Å². The van der Waals surface area contributed by atoms with E-state index in [1.54, 1.807) is 10.9 Å². The first-order valence-corrected chi connectivity index (χ1v) is 8.26. The Balaban J connectivity index is 2.12. The first kappa shape index (κ1) is 16.7. The van der Waals surface area contributed by atoms with Crippen molar-refractivity contribution >= 4 is 21.5 Å². The van der Waals surface area contributed by atoms with Crippen LogP contribution in [0.25, 0.3) is 11.2 Å². The number of hydrogen-bond acceptors (Lipinski definition) is 7. The SMILES string of the molecule is CC[C@H](COS(N)(=O)=O)[C@@H](O)Cn1cnc2c(C)ncnc21. The lowest BCUT2D eigenvalue weighted by Gasteiger charge is -2.21. The number of nitrogens with zero attached hydrogens (tertiary/aromatic N) is 4. The standard InChI is InChI=1S/C12H19N5O4S/c1-3-9(5-21-22(13,19)20)10(18)4-17-7-16-11-8(2)14-6-15-12(11)17/h6-7,9-10,18H,3-5H2,1-2H3,(H2,13,19,20)/t9-,10+/m1/s1. The summed E-state index contributed by atoms with van der Waals surface area (Å²) in [6.07, 6.45) is 2.73. The fraction of sp³-hybridized carbons (Fsp3) is 0.583. The summed E-state index contributed by atoms with van der Waals surface area (Å²) in [6.45, 7) is 3.71. The van der Waals surface area contributed by atoms with Crippen LogP contribution in [0.5, 0.6) is 0 Å². The summed E-state index contributed by atoms with van der Waals surface area (Å²) in [5.74, 6) is -0.376. The van der Waals surface area contributed by atoms with Crippen LogP contribution >= 0.6 is 0 Å². The lowest BCUT2D eigenvalue weighted by atomic mass is 10.0. The second-order valence-electron chi connectivity index (χ2n) is 5.04. The van der Waals surface area contributed by atoms with Crippen molar-refractivity contribution in [3.63, 3.8) is 0 Å². The first-order valence-electron chi connectivity index (χ1n) is 6.79. The van der Waals surface area contributed by atoms with Gasteiger partial charge in [-0.2, -0.15) is 8.42 Å². The molecule has 0 fully saturated rings. The van der Waals surface area contributed by atoms with Crippen molar-refractivity contribution in [1.29, 1.82) is 0 Å². The molecule has 2 rings (SSSR count). The van der Waals surface area contributed by atoms with E-state index in [4.69, 9.17) is 5.14 Å². The summed E-state index contributed by atoms with van der Waals surface area (Å²) >= 11 is 0. The maximum atomic E-state index is 10.8. The molecule has 0 aliphatic carbocycles. The molecule has 0 spiro atoms. The van der Waals surface area contributed by atoms with Gasteiger partial charge >= 0.3 is 10.3 Å². The molecule has 10 heteroatoms. The monoisotopic (exact) mass is 329 g/mol. The summed E-state index contributed by atoms with van der Waals surface area (Å²) in [6, 6.07) is 0. The Morgan fingerprint density at radius 3 is 2.77 bits per heavy atom. The zero-order chi connectivity index (χ0) is 16.3. The van der Waals surface area contributed by atoms with Gasteiger partial charge in [0.15, 0.2) is 5.65 Å². The molecule has 2 atom stereocenters. The Labute approximate surface area is 128 Å². The van der Waals surface area contributed by atoms with E-state index in [0.29, 0.717) is 17.6 Å². The average molecular weight is 329 g/mol. The number of hydrogen-bond donors (Lipinski definition) is 2. The predicted octanol–water partition coefficient (Wildman–Crippen LogP) is -0.258. The number of aliphatic hydroxyl groups is 1. The van der Waals surface area contributed by atoms with Gasteiger partial charge in [-0.3, -0.25) is 4.18 Å². The molecule has 0 unspecified atom stereocenters. The summed E-state index contributed by atoms with van der Waals surface area (Å²) in [7, 11) is -4.02. The minimum atomic E-state index is -4.02. The predicted molar refractivity (Wildman–Crippen MR) is 78.9 cm³/mol. The quantitative estimate of drug-likeness (QED) is 0.715. The van der Waals surface area contributed by atoms with E-state index in [2.05, 4.69) is 19.1 Å². The van der Waals surface area contributed by atoms with Crippen LogP contribution in [0, 0.1) is 12.8 Å². The van der Waals surface area contributed by atoms with Crippen LogP contribution in [0.4, 0.5) is 0 Å². The molecule has 0 aromatic carbocycles. The fourth-order valence-electron chi connectivity index (χ4n) is 2.17. The number of imidazole rings is 1. The van der Waals surface area contributed by atoms with E-state index in [-0.39, 0.29) is 19.1 Å². The molecule has 2 heterocycles. The van der Waals surface area contributed by atoms with Crippen molar-refractivity contribution in [3.05, 3.63) is 18.3 Å². The maximum absolute atomic E-state index is 10.8. The summed E-state index contributed by atoms with van der Waals surface area (Å²) < 4.78 is 28.0. The molecule has 2 aromatic heterocycles. The van der Waals surface area contributed by atoms with Crippen LogP contribution < -0.4 is 5.14 Å². The third-order valence-corrected chi connectivity index (χ3v) is 3.95. The van der Waals surface area contributed by atoms with Crippen LogP contribution in [-0.4, -0.2) is 45.8 Å². The highest BCUT2D eigenvalue weighted by Crippen LogP contribution is 2.16. The number of fused-ring (bicyclic) bond motifs is 1. The minimum Gasteiger partial charge on any atom is -0.391 e. The number of aryl methyl sites for hydroxylation is 1. The molecule has 0 aliphatic heterocycles. The molecular weight excluding hydrogens is 310 g/mol. The zero-order valence-electron chi connectivity index (χ0n) is 12.4. The van der Waals surface area contributed by atoms with Gasteiger partial charge in [0.1, 0.15) is 11.8 Å². The normalized spacial score (nSPS) is 15.1. The van der Waals surface area contributed by atoms with E-state index in [1.807, 2.05) is 13.8 Å². The van der Waals surface area contributed by atoms with Gasteiger partial charge in [-0.1, -0.05) is 6.92 Å². The summed E-state index contributed by atoms with van der Waals surface area (Å²) in [4.78, 5) is 12.4.